The van der Waals surface area contributed by atoms with Crippen LogP contribution in [0.5, 0.6) is 11.5 Å². The van der Waals surface area contributed by atoms with Gasteiger partial charge in [0.05, 0.1) is 20.3 Å². The summed E-state index contributed by atoms with van der Waals surface area (Å²) < 4.78 is 18.0. The zero-order chi connectivity index (χ0) is 28.9. The van der Waals surface area contributed by atoms with Gasteiger partial charge in [-0.05, 0) is 45.4 Å². The van der Waals surface area contributed by atoms with Crippen LogP contribution in [0.4, 0.5) is 10.6 Å². The fraction of sp³-hybridized carbons (Fsp3) is 0.464. The molecule has 0 spiro atoms. The van der Waals surface area contributed by atoms with Crippen molar-refractivity contribution in [3.8, 4) is 17.4 Å². The molecule has 1 N–H and O–H groups in total. The molecule has 2 amide bonds. The van der Waals surface area contributed by atoms with Gasteiger partial charge in [-0.1, -0.05) is 6.07 Å². The lowest BCUT2D eigenvalue weighted by Crippen LogP contribution is -2.57. The number of carbonyl (C=O) groups is 2. The molecule has 3 heterocycles. The maximum Gasteiger partial charge on any atom is 0.410 e. The monoisotopic (exact) mass is 551 g/mol. The highest BCUT2D eigenvalue weighted by atomic mass is 16.6. The Morgan fingerprint density at radius 1 is 1.07 bits per heavy atom. The Hall–Kier alpha value is -4.35. The summed E-state index contributed by atoms with van der Waals surface area (Å²) >= 11 is 0. The number of methoxy groups -OCH3 is 2. The lowest BCUT2D eigenvalue weighted by atomic mass is 10.1. The number of nitrogens with zero attached hydrogens (tertiary/aromatic N) is 6. The molecule has 3 aromatic rings. The van der Waals surface area contributed by atoms with Gasteiger partial charge >= 0.3 is 6.09 Å². The average molecular weight is 552 g/mol. The van der Waals surface area contributed by atoms with E-state index in [1.165, 1.54) is 0 Å². The van der Waals surface area contributed by atoms with Crippen molar-refractivity contribution in [2.24, 2.45) is 0 Å². The van der Waals surface area contributed by atoms with Crippen molar-refractivity contribution >= 4 is 17.8 Å². The molecule has 1 fully saturated rings. The molecule has 12 nitrogen and oxygen atoms in total. The zero-order valence-electron chi connectivity index (χ0n) is 23.9. The second-order valence-corrected chi connectivity index (χ2v) is 10.6. The van der Waals surface area contributed by atoms with Gasteiger partial charge in [0.2, 0.25) is 11.9 Å². The summed E-state index contributed by atoms with van der Waals surface area (Å²) in [5.41, 5.74) is 1.03. The molecule has 12 heteroatoms. The average Bonchev–Trinajstić information content (AvgIpc) is 3.46. The molecule has 1 aliphatic rings. The molecule has 0 aliphatic carbocycles. The number of imidazole rings is 1. The third kappa shape index (κ3) is 7.19. The Kier molecular flexibility index (Phi) is 8.76. The van der Waals surface area contributed by atoms with E-state index in [2.05, 4.69) is 20.2 Å². The van der Waals surface area contributed by atoms with E-state index in [9.17, 15) is 9.59 Å². The van der Waals surface area contributed by atoms with Crippen molar-refractivity contribution in [1.82, 2.24) is 29.7 Å². The van der Waals surface area contributed by atoms with Crippen molar-refractivity contribution in [3.63, 3.8) is 0 Å². The minimum Gasteiger partial charge on any atom is -0.493 e. The van der Waals surface area contributed by atoms with Gasteiger partial charge < -0.3 is 29.3 Å². The third-order valence-corrected chi connectivity index (χ3v) is 6.35. The van der Waals surface area contributed by atoms with Crippen molar-refractivity contribution in [3.05, 3.63) is 54.2 Å². The number of aromatic nitrogens is 4. The number of aryl methyl sites for hydroxylation is 1. The maximum absolute atomic E-state index is 13.2. The zero-order valence-corrected chi connectivity index (χ0v) is 23.9. The van der Waals surface area contributed by atoms with Gasteiger partial charge in [0, 0.05) is 56.8 Å². The second kappa shape index (κ2) is 12.2. The Morgan fingerprint density at radius 2 is 1.85 bits per heavy atom. The molecule has 1 aliphatic heterocycles. The van der Waals surface area contributed by atoms with E-state index in [1.807, 2.05) is 45.9 Å². The minimum atomic E-state index is -0.621. The molecule has 214 valence electrons. The molecular weight excluding hydrogens is 514 g/mol. The fourth-order valence-corrected chi connectivity index (χ4v) is 4.48. The maximum atomic E-state index is 13.2. The van der Waals surface area contributed by atoms with Crippen molar-refractivity contribution in [2.75, 3.05) is 38.8 Å². The van der Waals surface area contributed by atoms with Gasteiger partial charge in [-0.3, -0.25) is 9.36 Å². The number of rotatable bonds is 8. The number of amides is 2. The molecule has 0 radical (unpaired) electrons. The topological polar surface area (TPSA) is 124 Å². The van der Waals surface area contributed by atoms with Crippen LogP contribution in [-0.2, 0) is 16.1 Å². The van der Waals surface area contributed by atoms with Crippen LogP contribution in [0, 0.1) is 6.92 Å². The normalized spacial score (nSPS) is 15.5. The van der Waals surface area contributed by atoms with E-state index in [4.69, 9.17) is 19.2 Å². The van der Waals surface area contributed by atoms with Crippen LogP contribution in [0.3, 0.4) is 0 Å². The summed E-state index contributed by atoms with van der Waals surface area (Å²) in [5.74, 6) is 2.22. The first kappa shape index (κ1) is 28.7. The first-order valence-electron chi connectivity index (χ1n) is 13.1. The molecule has 0 saturated carbocycles. The molecule has 1 saturated heterocycles. The Morgan fingerprint density at radius 3 is 2.52 bits per heavy atom. The Labute approximate surface area is 234 Å². The number of anilines is 1. The predicted molar refractivity (Wildman–Crippen MR) is 149 cm³/mol. The van der Waals surface area contributed by atoms with Crippen molar-refractivity contribution in [1.29, 1.82) is 0 Å². The number of hydrogen-bond donors (Lipinski definition) is 1. The van der Waals surface area contributed by atoms with E-state index in [-0.39, 0.29) is 18.4 Å². The summed E-state index contributed by atoms with van der Waals surface area (Å²) in [6, 6.07) is 7.06. The van der Waals surface area contributed by atoms with Gasteiger partial charge in [0.1, 0.15) is 17.7 Å². The van der Waals surface area contributed by atoms with Crippen LogP contribution in [0.15, 0.2) is 43.0 Å². The van der Waals surface area contributed by atoms with Crippen LogP contribution in [-0.4, -0.2) is 81.9 Å². The third-order valence-electron chi connectivity index (χ3n) is 6.35. The van der Waals surface area contributed by atoms with E-state index >= 15 is 0 Å². The van der Waals surface area contributed by atoms with Crippen LogP contribution < -0.4 is 19.7 Å². The van der Waals surface area contributed by atoms with Gasteiger partial charge in [-0.2, -0.15) is 4.98 Å². The number of ether oxygens (including phenoxy) is 3. The van der Waals surface area contributed by atoms with Gasteiger partial charge in [0.25, 0.3) is 0 Å². The molecule has 1 unspecified atom stereocenters. The predicted octanol–water partition coefficient (Wildman–Crippen LogP) is 3.12. The van der Waals surface area contributed by atoms with Gasteiger partial charge in [-0.25, -0.2) is 14.8 Å². The van der Waals surface area contributed by atoms with Gasteiger partial charge in [-0.15, -0.1) is 0 Å². The standard InChI is InChI=1S/C28H37N7O5/c1-19-13-24(32-26(31-19)34-10-9-29-18-34)35-12-11-33(27(37)40-28(2,3)4)17-21(35)15-25(36)30-16-20-7-8-22(38-5)23(14-20)39-6/h7-10,13-14,18,21H,11-12,15-17H2,1-6H3,(H,30,36). The van der Waals surface area contributed by atoms with Crippen molar-refractivity contribution in [2.45, 2.75) is 52.3 Å². The minimum absolute atomic E-state index is 0.149. The first-order valence-corrected chi connectivity index (χ1v) is 13.1. The Bertz CT molecular complexity index is 1320. The molecule has 0 bridgehead atoms. The summed E-state index contributed by atoms with van der Waals surface area (Å²) in [6.07, 6.45) is 4.82. The van der Waals surface area contributed by atoms with Crippen LogP contribution in [0.25, 0.3) is 5.95 Å². The fourth-order valence-electron chi connectivity index (χ4n) is 4.48. The molecule has 1 aromatic carbocycles. The van der Waals surface area contributed by atoms with E-state index in [0.717, 1.165) is 11.3 Å². The van der Waals surface area contributed by atoms with Crippen LogP contribution >= 0.6 is 0 Å². The highest BCUT2D eigenvalue weighted by Crippen LogP contribution is 2.28. The van der Waals surface area contributed by atoms with E-state index in [0.29, 0.717) is 49.4 Å². The lowest BCUT2D eigenvalue weighted by Gasteiger charge is -2.42. The number of piperazine rings is 1. The smallest absolute Gasteiger partial charge is 0.410 e. The molecular formula is C28H37N7O5. The van der Waals surface area contributed by atoms with Gasteiger partial charge in [0.15, 0.2) is 11.5 Å². The SMILES string of the molecule is COc1ccc(CNC(=O)CC2CN(C(=O)OC(C)(C)C)CCN2c2cc(C)nc(-n3ccnc3)n2)cc1OC. The van der Waals surface area contributed by atoms with Crippen LogP contribution in [0.1, 0.15) is 38.4 Å². The number of hydrogen-bond acceptors (Lipinski definition) is 9. The number of nitrogens with one attached hydrogen (secondary N) is 1. The molecule has 40 heavy (non-hydrogen) atoms. The largest absolute Gasteiger partial charge is 0.493 e. The van der Waals surface area contributed by atoms with E-state index in [1.54, 1.807) is 48.5 Å². The van der Waals surface area contributed by atoms with Crippen molar-refractivity contribution < 1.29 is 23.8 Å². The highest BCUT2D eigenvalue weighted by molar-refractivity contribution is 5.77. The number of benzene rings is 1. The number of carbonyl (C=O) groups excluding carboxylic acids is 2. The first-order chi connectivity index (χ1) is 19.1. The highest BCUT2D eigenvalue weighted by Gasteiger charge is 2.34. The summed E-state index contributed by atoms with van der Waals surface area (Å²) in [7, 11) is 3.15. The molecule has 4 rings (SSSR count). The quantitative estimate of drug-likeness (QED) is 0.450. The Balaban J connectivity index is 1.53. The molecule has 2 aromatic heterocycles. The summed E-state index contributed by atoms with van der Waals surface area (Å²) in [6.45, 7) is 8.94. The van der Waals surface area contributed by atoms with Crippen LogP contribution in [0.2, 0.25) is 0 Å². The lowest BCUT2D eigenvalue weighted by molar-refractivity contribution is -0.121. The summed E-state index contributed by atoms with van der Waals surface area (Å²) in [5, 5.41) is 2.99. The molecule has 1 atom stereocenters. The van der Waals surface area contributed by atoms with E-state index < -0.39 is 11.7 Å². The second-order valence-electron chi connectivity index (χ2n) is 10.6. The summed E-state index contributed by atoms with van der Waals surface area (Å²) in [4.78, 5) is 43.2.